The van der Waals surface area contributed by atoms with Crippen molar-refractivity contribution in [1.29, 1.82) is 0 Å². The number of aliphatic imine (C=N–C) groups is 1. The fourth-order valence-corrected chi connectivity index (χ4v) is 3.54. The molecule has 0 spiro atoms. The van der Waals surface area contributed by atoms with Crippen LogP contribution in [0.1, 0.15) is 50.4 Å². The number of aryl methyl sites for hydroxylation is 1. The number of aromatic nitrogens is 3. The summed E-state index contributed by atoms with van der Waals surface area (Å²) in [7, 11) is 1.94. The molecule has 1 saturated heterocycles. The topological polar surface area (TPSA) is 87.4 Å². The quantitative estimate of drug-likeness (QED) is 0.562. The SMILES string of the molecule is Cc1nnc(CN=C(NC2CCN(C(=O)C(C)C)C2)NC(C)c2ccccc2)n1C. The van der Waals surface area contributed by atoms with Crippen molar-refractivity contribution in [2.24, 2.45) is 18.0 Å². The molecule has 2 aromatic rings. The van der Waals surface area contributed by atoms with Gasteiger partial charge in [-0.25, -0.2) is 4.99 Å². The summed E-state index contributed by atoms with van der Waals surface area (Å²) in [6.45, 7) is 9.83. The van der Waals surface area contributed by atoms with Crippen molar-refractivity contribution in [3.05, 3.63) is 47.5 Å². The lowest BCUT2D eigenvalue weighted by Gasteiger charge is -2.23. The van der Waals surface area contributed by atoms with Crippen LogP contribution in [0.15, 0.2) is 35.3 Å². The minimum atomic E-state index is 0.0206. The number of carbonyl (C=O) groups excluding carboxylic acids is 1. The Bertz CT molecular complexity index is 875. The zero-order valence-electron chi connectivity index (χ0n) is 18.6. The Morgan fingerprint density at radius 3 is 2.60 bits per heavy atom. The van der Waals surface area contributed by atoms with Crippen molar-refractivity contribution in [3.8, 4) is 0 Å². The van der Waals surface area contributed by atoms with Crippen LogP contribution in [0, 0.1) is 12.8 Å². The summed E-state index contributed by atoms with van der Waals surface area (Å²) in [4.78, 5) is 19.0. The van der Waals surface area contributed by atoms with Crippen molar-refractivity contribution >= 4 is 11.9 Å². The highest BCUT2D eigenvalue weighted by Gasteiger charge is 2.28. The van der Waals surface area contributed by atoms with E-state index >= 15 is 0 Å². The molecule has 8 heteroatoms. The van der Waals surface area contributed by atoms with E-state index in [4.69, 9.17) is 4.99 Å². The fraction of sp³-hybridized carbons (Fsp3) is 0.545. The van der Waals surface area contributed by atoms with Crippen molar-refractivity contribution in [1.82, 2.24) is 30.3 Å². The molecule has 1 aliphatic heterocycles. The van der Waals surface area contributed by atoms with Crippen molar-refractivity contribution < 1.29 is 4.79 Å². The number of benzene rings is 1. The van der Waals surface area contributed by atoms with Gasteiger partial charge in [0.15, 0.2) is 11.8 Å². The predicted molar refractivity (Wildman–Crippen MR) is 118 cm³/mol. The van der Waals surface area contributed by atoms with Gasteiger partial charge in [0.2, 0.25) is 5.91 Å². The minimum Gasteiger partial charge on any atom is -0.352 e. The van der Waals surface area contributed by atoms with Gasteiger partial charge in [0.1, 0.15) is 12.4 Å². The molecule has 1 aromatic carbocycles. The fourth-order valence-electron chi connectivity index (χ4n) is 3.54. The summed E-state index contributed by atoms with van der Waals surface area (Å²) in [5, 5.41) is 15.3. The molecule has 2 atom stereocenters. The lowest BCUT2D eigenvalue weighted by atomic mass is 10.1. The molecule has 2 N–H and O–H groups in total. The third kappa shape index (κ3) is 5.37. The van der Waals surface area contributed by atoms with Gasteiger partial charge in [-0.2, -0.15) is 0 Å². The molecule has 0 aliphatic carbocycles. The molecule has 0 radical (unpaired) electrons. The lowest BCUT2D eigenvalue weighted by molar-refractivity contribution is -0.133. The molecule has 162 valence electrons. The predicted octanol–water partition coefficient (Wildman–Crippen LogP) is 2.18. The Balaban J connectivity index is 1.71. The van der Waals surface area contributed by atoms with Crippen LogP contribution < -0.4 is 10.6 Å². The third-order valence-corrected chi connectivity index (χ3v) is 5.55. The second-order valence-electron chi connectivity index (χ2n) is 8.23. The monoisotopic (exact) mass is 411 g/mol. The van der Waals surface area contributed by atoms with Gasteiger partial charge < -0.3 is 20.1 Å². The maximum atomic E-state index is 12.3. The summed E-state index contributed by atoms with van der Waals surface area (Å²) in [6, 6.07) is 10.5. The van der Waals surface area contributed by atoms with Gasteiger partial charge >= 0.3 is 0 Å². The third-order valence-electron chi connectivity index (χ3n) is 5.55. The van der Waals surface area contributed by atoms with Crippen LogP contribution in [-0.2, 0) is 18.4 Å². The van der Waals surface area contributed by atoms with E-state index in [0.717, 1.165) is 30.6 Å². The van der Waals surface area contributed by atoms with E-state index in [1.54, 1.807) is 0 Å². The summed E-state index contributed by atoms with van der Waals surface area (Å²) in [6.07, 6.45) is 0.905. The second kappa shape index (κ2) is 9.73. The highest BCUT2D eigenvalue weighted by atomic mass is 16.2. The van der Waals surface area contributed by atoms with Gasteiger partial charge in [-0.3, -0.25) is 4.79 Å². The summed E-state index contributed by atoms with van der Waals surface area (Å²) < 4.78 is 1.94. The van der Waals surface area contributed by atoms with Gasteiger partial charge in [0, 0.05) is 32.1 Å². The highest BCUT2D eigenvalue weighted by molar-refractivity contribution is 5.81. The lowest BCUT2D eigenvalue weighted by Crippen LogP contribution is -2.46. The minimum absolute atomic E-state index is 0.0206. The van der Waals surface area contributed by atoms with Crippen LogP contribution in [0.2, 0.25) is 0 Å². The molecule has 1 aromatic heterocycles. The van der Waals surface area contributed by atoms with Crippen LogP contribution in [-0.4, -0.2) is 50.7 Å². The van der Waals surface area contributed by atoms with Crippen molar-refractivity contribution in [3.63, 3.8) is 0 Å². The Hall–Kier alpha value is -2.90. The largest absolute Gasteiger partial charge is 0.352 e. The molecule has 2 heterocycles. The first-order chi connectivity index (χ1) is 14.3. The zero-order valence-corrected chi connectivity index (χ0v) is 18.6. The van der Waals surface area contributed by atoms with Gasteiger partial charge in [0.05, 0.1) is 6.04 Å². The van der Waals surface area contributed by atoms with Crippen LogP contribution in [0.25, 0.3) is 0 Å². The number of carbonyl (C=O) groups is 1. The number of nitrogens with one attached hydrogen (secondary N) is 2. The van der Waals surface area contributed by atoms with E-state index in [9.17, 15) is 4.79 Å². The molecule has 8 nitrogen and oxygen atoms in total. The molecule has 3 rings (SSSR count). The summed E-state index contributed by atoms with van der Waals surface area (Å²) >= 11 is 0. The van der Waals surface area contributed by atoms with Gasteiger partial charge in [-0.1, -0.05) is 44.2 Å². The Morgan fingerprint density at radius 1 is 1.23 bits per heavy atom. The number of likely N-dealkylation sites (tertiary alicyclic amines) is 1. The Labute approximate surface area is 178 Å². The maximum absolute atomic E-state index is 12.3. The van der Waals surface area contributed by atoms with Crippen molar-refractivity contribution in [2.75, 3.05) is 13.1 Å². The van der Waals surface area contributed by atoms with E-state index in [-0.39, 0.29) is 23.9 Å². The van der Waals surface area contributed by atoms with Gasteiger partial charge in [0.25, 0.3) is 0 Å². The molecule has 1 amide bonds. The first-order valence-corrected chi connectivity index (χ1v) is 10.6. The number of nitrogens with zero attached hydrogens (tertiary/aromatic N) is 5. The van der Waals surface area contributed by atoms with E-state index in [2.05, 4.69) is 39.9 Å². The number of rotatable bonds is 6. The molecular weight excluding hydrogens is 378 g/mol. The summed E-state index contributed by atoms with van der Waals surface area (Å²) in [5.41, 5.74) is 1.18. The van der Waals surface area contributed by atoms with Crippen LogP contribution >= 0.6 is 0 Å². The van der Waals surface area contributed by atoms with E-state index in [0.29, 0.717) is 13.1 Å². The van der Waals surface area contributed by atoms with Crippen LogP contribution in [0.4, 0.5) is 0 Å². The standard InChI is InChI=1S/C22H33N7O/c1-15(2)21(30)29-12-11-19(14-29)25-22(23-13-20-27-26-17(4)28(20)5)24-16(3)18-9-7-6-8-10-18/h6-10,15-16,19H,11-14H2,1-5H3,(H2,23,24,25). The average molecular weight is 412 g/mol. The zero-order chi connectivity index (χ0) is 21.7. The molecular formula is C22H33N7O. The molecule has 0 saturated carbocycles. The molecule has 1 fully saturated rings. The van der Waals surface area contributed by atoms with Gasteiger partial charge in [-0.05, 0) is 25.8 Å². The number of hydrogen-bond donors (Lipinski definition) is 2. The molecule has 1 aliphatic rings. The molecule has 0 bridgehead atoms. The van der Waals surface area contributed by atoms with E-state index < -0.39 is 0 Å². The molecule has 30 heavy (non-hydrogen) atoms. The normalized spacial score (nSPS) is 18.0. The van der Waals surface area contributed by atoms with Crippen LogP contribution in [0.3, 0.4) is 0 Å². The van der Waals surface area contributed by atoms with E-state index in [1.165, 1.54) is 5.56 Å². The number of guanidine groups is 1. The van der Waals surface area contributed by atoms with E-state index in [1.807, 2.05) is 55.5 Å². The first-order valence-electron chi connectivity index (χ1n) is 10.6. The first kappa shape index (κ1) is 21.8. The highest BCUT2D eigenvalue weighted by Crippen LogP contribution is 2.14. The maximum Gasteiger partial charge on any atom is 0.225 e. The van der Waals surface area contributed by atoms with Crippen molar-refractivity contribution in [2.45, 2.75) is 52.7 Å². The number of amides is 1. The summed E-state index contributed by atoms with van der Waals surface area (Å²) in [5.74, 6) is 2.61. The Kier molecular flexibility index (Phi) is 7.07. The van der Waals surface area contributed by atoms with Crippen LogP contribution in [0.5, 0.6) is 0 Å². The smallest absolute Gasteiger partial charge is 0.225 e. The van der Waals surface area contributed by atoms with Gasteiger partial charge in [-0.15, -0.1) is 10.2 Å². The average Bonchev–Trinajstić information content (AvgIpc) is 3.33. The second-order valence-corrected chi connectivity index (χ2v) is 8.23. The molecule has 2 unspecified atom stereocenters. The number of hydrogen-bond acceptors (Lipinski definition) is 4. The Morgan fingerprint density at radius 2 is 1.97 bits per heavy atom.